The van der Waals surface area contributed by atoms with Crippen molar-refractivity contribution in [1.82, 2.24) is 14.9 Å². The number of benzene rings is 1. The number of methoxy groups -OCH3 is 1. The maximum absolute atomic E-state index is 14.0. The van der Waals surface area contributed by atoms with Crippen molar-refractivity contribution in [2.45, 2.75) is 45.1 Å². The molecule has 1 aliphatic heterocycles. The Hall–Kier alpha value is -3.09. The molecule has 1 aliphatic carbocycles. The summed E-state index contributed by atoms with van der Waals surface area (Å²) < 4.78 is 25.1. The molecule has 174 valence electrons. The second kappa shape index (κ2) is 8.04. The lowest BCUT2D eigenvalue weighted by Crippen LogP contribution is -2.36. The van der Waals surface area contributed by atoms with Gasteiger partial charge in [-0.3, -0.25) is 0 Å². The fraction of sp³-hybridized carbons (Fsp3) is 0.462. The third-order valence-electron chi connectivity index (χ3n) is 6.85. The van der Waals surface area contributed by atoms with E-state index in [2.05, 4.69) is 16.0 Å². The van der Waals surface area contributed by atoms with Gasteiger partial charge in [-0.1, -0.05) is 0 Å². The summed E-state index contributed by atoms with van der Waals surface area (Å²) in [7, 11) is 1.59. The number of hydrogen-bond acceptors (Lipinski definition) is 4. The van der Waals surface area contributed by atoms with Crippen LogP contribution in [0, 0.1) is 17.7 Å². The SMILES string of the molecule is COc1ccc(F)cc1-c1ccnc2[nH]c(C3C[C@@H]4CN(C(=O)OC(C)(C)C)C[C@@H]4C3)cc12. The largest absolute Gasteiger partial charge is 0.496 e. The highest BCUT2D eigenvalue weighted by atomic mass is 19.1. The Kier molecular flexibility index (Phi) is 5.30. The summed E-state index contributed by atoms with van der Waals surface area (Å²) in [4.78, 5) is 22.3. The number of halogens is 1. The van der Waals surface area contributed by atoms with E-state index in [0.717, 1.165) is 48.2 Å². The fourth-order valence-electron chi connectivity index (χ4n) is 5.42. The van der Waals surface area contributed by atoms with Crippen molar-refractivity contribution in [3.05, 3.63) is 48.0 Å². The zero-order chi connectivity index (χ0) is 23.3. The van der Waals surface area contributed by atoms with Crippen LogP contribution in [0.25, 0.3) is 22.2 Å². The number of nitrogens with one attached hydrogen (secondary N) is 1. The van der Waals surface area contributed by atoms with Crippen LogP contribution in [0.2, 0.25) is 0 Å². The number of likely N-dealkylation sites (tertiary alicyclic amines) is 1. The van der Waals surface area contributed by atoms with Crippen molar-refractivity contribution in [2.75, 3.05) is 20.2 Å². The number of amides is 1. The second-order valence-corrected chi connectivity index (χ2v) is 10.3. The first-order valence-corrected chi connectivity index (χ1v) is 11.5. The van der Waals surface area contributed by atoms with E-state index >= 15 is 0 Å². The Bertz CT molecular complexity index is 1190. The molecule has 33 heavy (non-hydrogen) atoms. The van der Waals surface area contributed by atoms with Gasteiger partial charge in [-0.2, -0.15) is 0 Å². The van der Waals surface area contributed by atoms with Gasteiger partial charge in [0.25, 0.3) is 0 Å². The Labute approximate surface area is 193 Å². The smallest absolute Gasteiger partial charge is 0.410 e. The van der Waals surface area contributed by atoms with Crippen LogP contribution in [0.5, 0.6) is 5.75 Å². The first-order chi connectivity index (χ1) is 15.7. The van der Waals surface area contributed by atoms with Gasteiger partial charge in [0.15, 0.2) is 0 Å². The number of pyridine rings is 1. The molecule has 2 fully saturated rings. The Morgan fingerprint density at radius 2 is 1.85 bits per heavy atom. The zero-order valence-electron chi connectivity index (χ0n) is 19.5. The number of fused-ring (bicyclic) bond motifs is 2. The van der Waals surface area contributed by atoms with Crippen LogP contribution in [0.15, 0.2) is 36.5 Å². The van der Waals surface area contributed by atoms with E-state index in [9.17, 15) is 9.18 Å². The molecule has 0 spiro atoms. The van der Waals surface area contributed by atoms with Crippen LogP contribution >= 0.6 is 0 Å². The highest BCUT2D eigenvalue weighted by Crippen LogP contribution is 2.47. The van der Waals surface area contributed by atoms with E-state index in [1.54, 1.807) is 19.4 Å². The first-order valence-electron chi connectivity index (χ1n) is 11.5. The van der Waals surface area contributed by atoms with Crippen LogP contribution in [-0.2, 0) is 4.74 Å². The van der Waals surface area contributed by atoms with Crippen LogP contribution in [0.4, 0.5) is 9.18 Å². The minimum absolute atomic E-state index is 0.211. The summed E-state index contributed by atoms with van der Waals surface area (Å²) in [5.74, 6) is 1.67. The maximum Gasteiger partial charge on any atom is 0.410 e. The van der Waals surface area contributed by atoms with Gasteiger partial charge in [0.1, 0.15) is 22.8 Å². The molecule has 0 radical (unpaired) electrons. The second-order valence-electron chi connectivity index (χ2n) is 10.3. The molecular weight excluding hydrogens is 421 g/mol. The van der Waals surface area contributed by atoms with Crippen molar-refractivity contribution < 1.29 is 18.7 Å². The number of aromatic amines is 1. The predicted molar refractivity (Wildman–Crippen MR) is 125 cm³/mol. The van der Waals surface area contributed by atoms with E-state index in [4.69, 9.17) is 9.47 Å². The van der Waals surface area contributed by atoms with Crippen molar-refractivity contribution in [3.8, 4) is 16.9 Å². The predicted octanol–water partition coefficient (Wildman–Crippen LogP) is 5.74. The fourth-order valence-corrected chi connectivity index (χ4v) is 5.42. The van der Waals surface area contributed by atoms with Crippen molar-refractivity contribution in [2.24, 2.45) is 11.8 Å². The van der Waals surface area contributed by atoms with E-state index in [-0.39, 0.29) is 11.9 Å². The number of ether oxygens (including phenoxy) is 2. The number of aromatic nitrogens is 2. The summed E-state index contributed by atoms with van der Waals surface area (Å²) in [6.45, 7) is 7.20. The quantitative estimate of drug-likeness (QED) is 0.552. The summed E-state index contributed by atoms with van der Waals surface area (Å²) in [6.07, 6.45) is 3.58. The number of H-pyrrole nitrogens is 1. The van der Waals surface area contributed by atoms with Crippen LogP contribution in [-0.4, -0.2) is 46.8 Å². The lowest BCUT2D eigenvalue weighted by molar-refractivity contribution is 0.0279. The molecule has 1 saturated carbocycles. The molecule has 1 saturated heterocycles. The van der Waals surface area contributed by atoms with Crippen molar-refractivity contribution >= 4 is 17.1 Å². The molecule has 7 heteroatoms. The number of hydrogen-bond donors (Lipinski definition) is 1. The monoisotopic (exact) mass is 451 g/mol. The minimum Gasteiger partial charge on any atom is -0.496 e. The van der Waals surface area contributed by atoms with Gasteiger partial charge in [-0.15, -0.1) is 0 Å². The molecular formula is C26H30FN3O3. The van der Waals surface area contributed by atoms with Crippen molar-refractivity contribution in [3.63, 3.8) is 0 Å². The van der Waals surface area contributed by atoms with Gasteiger partial charge < -0.3 is 19.4 Å². The summed E-state index contributed by atoms with van der Waals surface area (Å²) >= 11 is 0. The van der Waals surface area contributed by atoms with Gasteiger partial charge >= 0.3 is 6.09 Å². The van der Waals surface area contributed by atoms with Crippen LogP contribution in [0.3, 0.4) is 0 Å². The maximum atomic E-state index is 14.0. The Balaban J connectivity index is 1.37. The molecule has 3 heterocycles. The van der Waals surface area contributed by atoms with Crippen LogP contribution < -0.4 is 4.74 Å². The Morgan fingerprint density at radius 3 is 2.52 bits per heavy atom. The van der Waals surface area contributed by atoms with E-state index in [1.165, 1.54) is 12.1 Å². The number of carbonyl (C=O) groups is 1. The highest BCUT2D eigenvalue weighted by molar-refractivity contribution is 5.95. The summed E-state index contributed by atoms with van der Waals surface area (Å²) in [5.41, 5.74) is 3.08. The van der Waals surface area contributed by atoms with E-state index < -0.39 is 5.60 Å². The lowest BCUT2D eigenvalue weighted by Gasteiger charge is -2.25. The molecule has 3 aromatic rings. The molecule has 6 nitrogen and oxygen atoms in total. The van der Waals surface area contributed by atoms with E-state index in [1.807, 2.05) is 31.7 Å². The lowest BCUT2D eigenvalue weighted by atomic mass is 9.99. The normalized spacial score (nSPS) is 22.6. The molecule has 1 unspecified atom stereocenters. The molecule has 5 rings (SSSR count). The van der Waals surface area contributed by atoms with Gasteiger partial charge in [0.2, 0.25) is 0 Å². The van der Waals surface area contributed by atoms with Gasteiger partial charge in [0.05, 0.1) is 7.11 Å². The molecule has 2 aliphatic rings. The number of rotatable bonds is 3. The summed E-state index contributed by atoms with van der Waals surface area (Å²) in [5, 5.41) is 0.962. The number of nitrogens with zero attached hydrogens (tertiary/aromatic N) is 2. The third kappa shape index (κ3) is 4.16. The molecule has 3 atom stereocenters. The minimum atomic E-state index is -0.475. The van der Waals surface area contributed by atoms with Gasteiger partial charge in [0, 0.05) is 35.9 Å². The molecule has 0 bridgehead atoms. The molecule has 1 aromatic carbocycles. The molecule has 2 aromatic heterocycles. The first kappa shape index (κ1) is 21.7. The van der Waals surface area contributed by atoms with Gasteiger partial charge in [-0.25, -0.2) is 14.2 Å². The average molecular weight is 452 g/mol. The van der Waals surface area contributed by atoms with Crippen molar-refractivity contribution in [1.29, 1.82) is 0 Å². The highest BCUT2D eigenvalue weighted by Gasteiger charge is 2.44. The average Bonchev–Trinajstić information content (AvgIpc) is 3.44. The van der Waals surface area contributed by atoms with Crippen LogP contribution in [0.1, 0.15) is 45.2 Å². The zero-order valence-corrected chi connectivity index (χ0v) is 19.5. The van der Waals surface area contributed by atoms with E-state index in [0.29, 0.717) is 29.1 Å². The third-order valence-corrected chi connectivity index (χ3v) is 6.85. The summed E-state index contributed by atoms with van der Waals surface area (Å²) in [6, 6.07) is 8.62. The number of carbonyl (C=O) groups excluding carboxylic acids is 1. The molecule has 1 N–H and O–H groups in total. The van der Waals surface area contributed by atoms with Gasteiger partial charge in [-0.05, 0) is 87.3 Å². The molecule has 1 amide bonds. The topological polar surface area (TPSA) is 67.5 Å². The Morgan fingerprint density at radius 1 is 1.12 bits per heavy atom. The standard InChI is InChI=1S/C26H30FN3O3/c1-26(2,3)33-25(31)30-13-16-9-15(10-17(16)14-30)22-12-21-19(7-8-28-24(21)29-22)20-11-18(27)5-6-23(20)32-4/h5-8,11-12,15-17H,9-10,13-14H2,1-4H3,(H,28,29)/t15?,16-,17+.